The van der Waals surface area contributed by atoms with Crippen molar-refractivity contribution in [2.45, 2.75) is 44.8 Å². The molecule has 0 amide bonds. The fraction of sp³-hybridized carbons (Fsp3) is 0.647. The van der Waals surface area contributed by atoms with Crippen LogP contribution in [0.15, 0.2) is 24.3 Å². The summed E-state index contributed by atoms with van der Waals surface area (Å²) in [7, 11) is 1.98. The van der Waals surface area contributed by atoms with Gasteiger partial charge in [-0.05, 0) is 30.0 Å². The van der Waals surface area contributed by atoms with E-state index in [1.54, 1.807) is 0 Å². The molecule has 1 fully saturated rings. The lowest BCUT2D eigenvalue weighted by molar-refractivity contribution is 0.0308. The largest absolute Gasteiger partial charge is 0.379 e. The zero-order valence-corrected chi connectivity index (χ0v) is 13.1. The Labute approximate surface area is 122 Å². The molecule has 0 saturated carbocycles. The van der Waals surface area contributed by atoms with E-state index >= 15 is 0 Å². The Balaban J connectivity index is 1.96. The zero-order valence-electron chi connectivity index (χ0n) is 13.1. The van der Waals surface area contributed by atoms with E-state index in [1.807, 2.05) is 7.05 Å². The fourth-order valence-electron chi connectivity index (χ4n) is 2.44. The van der Waals surface area contributed by atoms with Crippen molar-refractivity contribution in [3.05, 3.63) is 35.4 Å². The van der Waals surface area contributed by atoms with Gasteiger partial charge in [0.15, 0.2) is 0 Å². The lowest BCUT2D eigenvalue weighted by Crippen LogP contribution is -2.25. The van der Waals surface area contributed by atoms with Crippen LogP contribution in [0, 0.1) is 0 Å². The maximum atomic E-state index is 5.92. The summed E-state index contributed by atoms with van der Waals surface area (Å²) >= 11 is 0. The van der Waals surface area contributed by atoms with E-state index in [2.05, 4.69) is 50.4 Å². The summed E-state index contributed by atoms with van der Waals surface area (Å²) in [6.07, 6.45) is 1.28. The Kier molecular flexibility index (Phi) is 5.19. The molecule has 1 saturated heterocycles. The van der Waals surface area contributed by atoms with Gasteiger partial charge in [-0.1, -0.05) is 45.0 Å². The molecule has 1 aromatic carbocycles. The average Bonchev–Trinajstić information content (AvgIpc) is 2.92. The molecule has 1 N–H and O–H groups in total. The second kappa shape index (κ2) is 6.70. The monoisotopic (exact) mass is 277 g/mol. The van der Waals surface area contributed by atoms with E-state index in [1.165, 1.54) is 11.1 Å². The van der Waals surface area contributed by atoms with Crippen LogP contribution in [-0.4, -0.2) is 33.0 Å². The predicted molar refractivity (Wildman–Crippen MR) is 82.1 cm³/mol. The third-order valence-electron chi connectivity index (χ3n) is 3.91. The summed E-state index contributed by atoms with van der Waals surface area (Å²) in [5.41, 5.74) is 2.84. The molecule has 0 radical (unpaired) electrons. The van der Waals surface area contributed by atoms with E-state index in [-0.39, 0.29) is 17.6 Å². The molecular formula is C17H27NO2. The number of hydrogen-bond acceptors (Lipinski definition) is 3. The van der Waals surface area contributed by atoms with Crippen molar-refractivity contribution in [2.75, 3.05) is 26.9 Å². The first-order chi connectivity index (χ1) is 9.50. The number of ether oxygens (including phenoxy) is 2. The minimum Gasteiger partial charge on any atom is -0.379 e. The van der Waals surface area contributed by atoms with Gasteiger partial charge >= 0.3 is 0 Å². The summed E-state index contributed by atoms with van der Waals surface area (Å²) in [6.45, 7) is 8.97. The number of rotatable bonds is 5. The van der Waals surface area contributed by atoms with Crippen LogP contribution in [-0.2, 0) is 14.9 Å². The van der Waals surface area contributed by atoms with Crippen LogP contribution < -0.4 is 5.32 Å². The van der Waals surface area contributed by atoms with E-state index in [0.29, 0.717) is 6.61 Å². The summed E-state index contributed by atoms with van der Waals surface area (Å²) in [5.74, 6) is 0. The van der Waals surface area contributed by atoms with Crippen molar-refractivity contribution in [3.8, 4) is 0 Å². The third-order valence-corrected chi connectivity index (χ3v) is 3.91. The molecule has 0 aromatic heterocycles. The Morgan fingerprint density at radius 1 is 1.30 bits per heavy atom. The quantitative estimate of drug-likeness (QED) is 0.897. The second-order valence-corrected chi connectivity index (χ2v) is 6.53. The molecule has 1 aliphatic heterocycles. The molecule has 3 heteroatoms. The van der Waals surface area contributed by atoms with Crippen molar-refractivity contribution < 1.29 is 9.47 Å². The van der Waals surface area contributed by atoms with Crippen LogP contribution in [0.5, 0.6) is 0 Å². The minimum atomic E-state index is 0.200. The van der Waals surface area contributed by atoms with Crippen molar-refractivity contribution in [2.24, 2.45) is 0 Å². The van der Waals surface area contributed by atoms with Crippen LogP contribution in [0.25, 0.3) is 0 Å². The van der Waals surface area contributed by atoms with Gasteiger partial charge in [0.25, 0.3) is 0 Å². The maximum Gasteiger partial charge on any atom is 0.0831 e. The van der Waals surface area contributed by atoms with Gasteiger partial charge in [-0.2, -0.15) is 0 Å². The van der Waals surface area contributed by atoms with Crippen LogP contribution >= 0.6 is 0 Å². The zero-order chi connectivity index (χ0) is 14.6. The lowest BCUT2D eigenvalue weighted by atomic mass is 9.86. The molecule has 20 heavy (non-hydrogen) atoms. The van der Waals surface area contributed by atoms with Crippen molar-refractivity contribution in [1.82, 2.24) is 5.32 Å². The number of likely N-dealkylation sites (N-methyl/N-ethyl adjacent to an activating group) is 1. The first-order valence-electron chi connectivity index (χ1n) is 7.48. The molecule has 2 atom stereocenters. The van der Waals surface area contributed by atoms with Crippen molar-refractivity contribution in [1.29, 1.82) is 0 Å². The molecule has 0 aliphatic carbocycles. The highest BCUT2D eigenvalue weighted by Gasteiger charge is 2.19. The summed E-state index contributed by atoms with van der Waals surface area (Å²) in [4.78, 5) is 0. The number of nitrogens with one attached hydrogen (secondary N) is 1. The lowest BCUT2D eigenvalue weighted by Gasteiger charge is -2.22. The molecule has 0 bridgehead atoms. The Hall–Kier alpha value is -0.900. The number of hydrogen-bond donors (Lipinski definition) is 1. The maximum absolute atomic E-state index is 5.92. The van der Waals surface area contributed by atoms with Gasteiger partial charge in [-0.3, -0.25) is 0 Å². The van der Waals surface area contributed by atoms with Gasteiger partial charge in [-0.25, -0.2) is 0 Å². The summed E-state index contributed by atoms with van der Waals surface area (Å²) in [6, 6.07) is 9.09. The third kappa shape index (κ3) is 4.05. The van der Waals surface area contributed by atoms with Crippen LogP contribution in [0.4, 0.5) is 0 Å². The highest BCUT2D eigenvalue weighted by Crippen LogP contribution is 2.24. The van der Waals surface area contributed by atoms with Gasteiger partial charge in [0.2, 0.25) is 0 Å². The Bertz CT molecular complexity index is 402. The van der Waals surface area contributed by atoms with Crippen LogP contribution in [0.1, 0.15) is 44.4 Å². The van der Waals surface area contributed by atoms with E-state index in [0.717, 1.165) is 19.6 Å². The molecule has 1 aromatic rings. The van der Waals surface area contributed by atoms with Gasteiger partial charge in [0.1, 0.15) is 0 Å². The van der Waals surface area contributed by atoms with E-state index < -0.39 is 0 Å². The summed E-state index contributed by atoms with van der Waals surface area (Å²) < 4.78 is 11.3. The molecule has 3 nitrogen and oxygen atoms in total. The smallest absolute Gasteiger partial charge is 0.0831 e. The molecule has 112 valence electrons. The molecular weight excluding hydrogens is 250 g/mol. The van der Waals surface area contributed by atoms with Crippen LogP contribution in [0.2, 0.25) is 0 Å². The summed E-state index contributed by atoms with van der Waals surface area (Å²) in [5, 5.41) is 3.33. The average molecular weight is 277 g/mol. The van der Waals surface area contributed by atoms with Crippen molar-refractivity contribution in [3.63, 3.8) is 0 Å². The fourth-order valence-corrected chi connectivity index (χ4v) is 2.44. The van der Waals surface area contributed by atoms with E-state index in [4.69, 9.17) is 9.47 Å². The Morgan fingerprint density at radius 3 is 2.50 bits per heavy atom. The molecule has 1 heterocycles. The topological polar surface area (TPSA) is 30.5 Å². The molecule has 0 spiro atoms. The highest BCUT2D eigenvalue weighted by molar-refractivity contribution is 5.29. The first kappa shape index (κ1) is 15.5. The van der Waals surface area contributed by atoms with Crippen LogP contribution in [0.3, 0.4) is 0 Å². The first-order valence-corrected chi connectivity index (χ1v) is 7.48. The number of benzene rings is 1. The van der Waals surface area contributed by atoms with Gasteiger partial charge < -0.3 is 14.8 Å². The Morgan fingerprint density at radius 2 is 2.00 bits per heavy atom. The minimum absolute atomic E-state index is 0.200. The van der Waals surface area contributed by atoms with E-state index in [9.17, 15) is 0 Å². The van der Waals surface area contributed by atoms with Gasteiger partial charge in [0, 0.05) is 6.61 Å². The standard InChI is InChI=1S/C17H27NO2/c1-17(2,3)14-7-5-13(6-8-14)16(18-4)12-20-15-9-10-19-11-15/h5-8,15-16,18H,9-12H2,1-4H3. The predicted octanol–water partition coefficient (Wildman–Crippen LogP) is 3.05. The normalized spacial score (nSPS) is 21.1. The van der Waals surface area contributed by atoms with Gasteiger partial charge in [-0.15, -0.1) is 0 Å². The van der Waals surface area contributed by atoms with Crippen molar-refractivity contribution >= 4 is 0 Å². The molecule has 2 unspecified atom stereocenters. The molecule has 1 aliphatic rings. The SMILES string of the molecule is CNC(COC1CCOC1)c1ccc(C(C)(C)C)cc1. The highest BCUT2D eigenvalue weighted by atomic mass is 16.5. The second-order valence-electron chi connectivity index (χ2n) is 6.53. The molecule has 2 rings (SSSR count). The van der Waals surface area contributed by atoms with Gasteiger partial charge in [0.05, 0.1) is 25.4 Å².